The highest BCUT2D eigenvalue weighted by Crippen LogP contribution is 2.28. The predicted molar refractivity (Wildman–Crippen MR) is 112 cm³/mol. The summed E-state index contributed by atoms with van der Waals surface area (Å²) in [6, 6.07) is 19.3. The van der Waals surface area contributed by atoms with Crippen LogP contribution >= 0.6 is 0 Å². The van der Waals surface area contributed by atoms with Crippen molar-refractivity contribution in [2.75, 3.05) is 26.2 Å². The van der Waals surface area contributed by atoms with Crippen molar-refractivity contribution >= 4 is 10.0 Å². The molecule has 0 saturated carbocycles. The summed E-state index contributed by atoms with van der Waals surface area (Å²) in [5.74, 6) is 0.132. The number of nitrogens with zero attached hydrogens (tertiary/aromatic N) is 4. The van der Waals surface area contributed by atoms with Crippen molar-refractivity contribution in [3.05, 3.63) is 71.4 Å². The van der Waals surface area contributed by atoms with Gasteiger partial charge in [0.15, 0.2) is 5.69 Å². The molecular formula is C22H22N4O3S. The lowest BCUT2D eigenvalue weighted by molar-refractivity contribution is 0.180. The average Bonchev–Trinajstić information content (AvgIpc) is 3.21. The quantitative estimate of drug-likeness (QED) is 0.628. The summed E-state index contributed by atoms with van der Waals surface area (Å²) in [6.07, 6.45) is 0. The predicted octanol–water partition coefficient (Wildman–Crippen LogP) is 3.03. The second kappa shape index (κ2) is 8.40. The topological polar surface area (TPSA) is 90.4 Å². The molecule has 7 nitrogen and oxygen atoms in total. The van der Waals surface area contributed by atoms with E-state index < -0.39 is 10.0 Å². The third kappa shape index (κ3) is 4.14. The SMILES string of the molecule is Cc1ccc(-c2nc(C#N)c(S(=O)(=O)N3CCN(Cc4ccccc4)CC3)o2)cc1. The monoisotopic (exact) mass is 422 g/mol. The highest BCUT2D eigenvalue weighted by molar-refractivity contribution is 7.89. The minimum absolute atomic E-state index is 0.132. The van der Waals surface area contributed by atoms with E-state index in [1.165, 1.54) is 9.87 Å². The molecule has 2 aromatic carbocycles. The minimum atomic E-state index is -3.94. The number of hydrogen-bond acceptors (Lipinski definition) is 6. The molecule has 1 aromatic heterocycles. The molecule has 2 heterocycles. The maximum atomic E-state index is 13.2. The van der Waals surface area contributed by atoms with Crippen LogP contribution in [0.15, 0.2) is 64.1 Å². The van der Waals surface area contributed by atoms with E-state index in [2.05, 4.69) is 22.0 Å². The van der Waals surface area contributed by atoms with Crippen LogP contribution in [-0.4, -0.2) is 48.8 Å². The Kier molecular flexibility index (Phi) is 5.68. The van der Waals surface area contributed by atoms with Gasteiger partial charge in [0.2, 0.25) is 5.89 Å². The van der Waals surface area contributed by atoms with Crippen LogP contribution in [0.2, 0.25) is 0 Å². The highest BCUT2D eigenvalue weighted by Gasteiger charge is 2.35. The summed E-state index contributed by atoms with van der Waals surface area (Å²) in [4.78, 5) is 6.33. The van der Waals surface area contributed by atoms with Gasteiger partial charge in [-0.05, 0) is 24.6 Å². The van der Waals surface area contributed by atoms with E-state index in [4.69, 9.17) is 4.42 Å². The first-order chi connectivity index (χ1) is 14.5. The minimum Gasteiger partial charge on any atom is -0.422 e. The van der Waals surface area contributed by atoms with Crippen molar-refractivity contribution in [3.8, 4) is 17.5 Å². The van der Waals surface area contributed by atoms with E-state index in [0.717, 1.165) is 12.1 Å². The molecule has 154 valence electrons. The molecule has 0 unspecified atom stereocenters. The molecular weight excluding hydrogens is 400 g/mol. The van der Waals surface area contributed by atoms with Crippen LogP contribution in [0.25, 0.3) is 11.5 Å². The first-order valence-electron chi connectivity index (χ1n) is 9.72. The summed E-state index contributed by atoms with van der Waals surface area (Å²) in [6.45, 7) is 4.61. The molecule has 0 aliphatic carbocycles. The van der Waals surface area contributed by atoms with Gasteiger partial charge in [-0.15, -0.1) is 0 Å². The first kappa shape index (κ1) is 20.3. The summed E-state index contributed by atoms with van der Waals surface area (Å²) in [5, 5.41) is 9.05. The van der Waals surface area contributed by atoms with Crippen LogP contribution in [0.4, 0.5) is 0 Å². The lowest BCUT2D eigenvalue weighted by Gasteiger charge is -2.33. The van der Waals surface area contributed by atoms with Crippen LogP contribution in [0.3, 0.4) is 0 Å². The fourth-order valence-electron chi connectivity index (χ4n) is 3.46. The number of rotatable bonds is 5. The van der Waals surface area contributed by atoms with Gasteiger partial charge in [-0.1, -0.05) is 48.0 Å². The second-order valence-electron chi connectivity index (χ2n) is 7.30. The van der Waals surface area contributed by atoms with Crippen molar-refractivity contribution in [1.82, 2.24) is 14.2 Å². The molecule has 4 rings (SSSR count). The van der Waals surface area contributed by atoms with Crippen LogP contribution in [0.1, 0.15) is 16.8 Å². The number of aryl methyl sites for hydroxylation is 1. The molecule has 0 amide bonds. The first-order valence-corrected chi connectivity index (χ1v) is 11.2. The Bertz CT molecular complexity index is 1160. The van der Waals surface area contributed by atoms with E-state index in [1.807, 2.05) is 43.3 Å². The molecule has 0 spiro atoms. The van der Waals surface area contributed by atoms with Gasteiger partial charge in [0.05, 0.1) is 0 Å². The Morgan fingerprint density at radius 1 is 1.03 bits per heavy atom. The number of benzene rings is 2. The molecule has 8 heteroatoms. The number of sulfonamides is 1. The average molecular weight is 423 g/mol. The molecule has 0 bridgehead atoms. The molecule has 1 aliphatic rings. The molecule has 3 aromatic rings. The van der Waals surface area contributed by atoms with E-state index >= 15 is 0 Å². The highest BCUT2D eigenvalue weighted by atomic mass is 32.2. The van der Waals surface area contributed by atoms with Crippen LogP contribution < -0.4 is 0 Å². The third-order valence-electron chi connectivity index (χ3n) is 5.15. The number of hydrogen-bond donors (Lipinski definition) is 0. The van der Waals surface area contributed by atoms with Crippen molar-refractivity contribution in [3.63, 3.8) is 0 Å². The molecule has 1 fully saturated rings. The number of aromatic nitrogens is 1. The van der Waals surface area contributed by atoms with Crippen LogP contribution in [0, 0.1) is 18.3 Å². The zero-order valence-corrected chi connectivity index (χ0v) is 17.5. The molecule has 30 heavy (non-hydrogen) atoms. The van der Waals surface area contributed by atoms with Crippen molar-refractivity contribution in [2.24, 2.45) is 0 Å². The zero-order chi connectivity index (χ0) is 21.1. The summed E-state index contributed by atoms with van der Waals surface area (Å²) < 4.78 is 33.3. The van der Waals surface area contributed by atoms with E-state index in [9.17, 15) is 13.7 Å². The maximum Gasteiger partial charge on any atom is 0.279 e. The smallest absolute Gasteiger partial charge is 0.279 e. The van der Waals surface area contributed by atoms with Gasteiger partial charge in [-0.25, -0.2) is 8.42 Å². The Morgan fingerprint density at radius 3 is 2.33 bits per heavy atom. The van der Waals surface area contributed by atoms with Crippen LogP contribution in [-0.2, 0) is 16.6 Å². The largest absolute Gasteiger partial charge is 0.422 e. The van der Waals surface area contributed by atoms with Gasteiger partial charge in [-0.2, -0.15) is 14.6 Å². The Morgan fingerprint density at radius 2 is 1.70 bits per heavy atom. The normalized spacial score (nSPS) is 15.7. The van der Waals surface area contributed by atoms with E-state index in [1.54, 1.807) is 12.1 Å². The Balaban J connectivity index is 1.51. The molecule has 1 saturated heterocycles. The fourth-order valence-corrected chi connectivity index (χ4v) is 4.86. The van der Waals surface area contributed by atoms with Gasteiger partial charge in [0.25, 0.3) is 15.1 Å². The zero-order valence-electron chi connectivity index (χ0n) is 16.7. The Hall–Kier alpha value is -2.99. The lowest BCUT2D eigenvalue weighted by atomic mass is 10.1. The summed E-state index contributed by atoms with van der Waals surface area (Å²) >= 11 is 0. The molecule has 0 radical (unpaired) electrons. The van der Waals surface area contributed by atoms with Gasteiger partial charge in [0, 0.05) is 38.3 Å². The molecule has 0 atom stereocenters. The standard InChI is InChI=1S/C22H22N4O3S/c1-17-7-9-19(10-8-17)21-24-20(15-23)22(29-21)30(27,28)26-13-11-25(12-14-26)16-18-5-3-2-4-6-18/h2-10H,11-14,16H2,1H3. The third-order valence-corrected chi connectivity index (χ3v) is 6.95. The van der Waals surface area contributed by atoms with Gasteiger partial charge >= 0.3 is 0 Å². The fraction of sp³-hybridized carbons (Fsp3) is 0.273. The van der Waals surface area contributed by atoms with Crippen molar-refractivity contribution in [2.45, 2.75) is 18.6 Å². The number of nitriles is 1. The Labute approximate surface area is 176 Å². The molecule has 0 N–H and O–H groups in total. The van der Waals surface area contributed by atoms with Crippen LogP contribution in [0.5, 0.6) is 0 Å². The van der Waals surface area contributed by atoms with Gasteiger partial charge < -0.3 is 4.42 Å². The van der Waals surface area contributed by atoms with Crippen molar-refractivity contribution < 1.29 is 12.8 Å². The van der Waals surface area contributed by atoms with Crippen molar-refractivity contribution in [1.29, 1.82) is 5.26 Å². The van der Waals surface area contributed by atoms with Gasteiger partial charge in [0.1, 0.15) is 6.07 Å². The van der Waals surface area contributed by atoms with E-state index in [-0.39, 0.29) is 16.7 Å². The molecule has 1 aliphatic heterocycles. The number of oxazole rings is 1. The maximum absolute atomic E-state index is 13.2. The van der Waals surface area contributed by atoms with E-state index in [0.29, 0.717) is 31.7 Å². The number of piperazine rings is 1. The van der Waals surface area contributed by atoms with Gasteiger partial charge in [-0.3, -0.25) is 4.90 Å². The summed E-state index contributed by atoms with van der Waals surface area (Å²) in [7, 11) is -3.94. The second-order valence-corrected chi connectivity index (χ2v) is 9.14. The summed E-state index contributed by atoms with van der Waals surface area (Å²) in [5.41, 5.74) is 2.68. The lowest BCUT2D eigenvalue weighted by Crippen LogP contribution is -2.48.